The lowest BCUT2D eigenvalue weighted by atomic mass is 9.80. The van der Waals surface area contributed by atoms with Gasteiger partial charge in [0.25, 0.3) is 5.71 Å². The monoisotopic (exact) mass is 536 g/mol. The number of nitrogens with zero attached hydrogens (tertiary/aromatic N) is 3. The summed E-state index contributed by atoms with van der Waals surface area (Å²) in [5.74, 6) is 0.948. The Kier molecular flexibility index (Phi) is 7.75. The van der Waals surface area contributed by atoms with Gasteiger partial charge in [-0.15, -0.1) is 0 Å². The van der Waals surface area contributed by atoms with E-state index in [1.54, 1.807) is 13.2 Å². The van der Waals surface area contributed by atoms with Crippen molar-refractivity contribution >= 4 is 17.0 Å². The number of aryl methyl sites for hydroxylation is 1. The minimum absolute atomic E-state index is 0.0212. The third-order valence-electron chi connectivity index (χ3n) is 8.23. The van der Waals surface area contributed by atoms with Crippen molar-refractivity contribution in [2.75, 3.05) is 40.3 Å². The van der Waals surface area contributed by atoms with E-state index in [0.717, 1.165) is 79.4 Å². The zero-order valence-corrected chi connectivity index (χ0v) is 23.2. The maximum absolute atomic E-state index is 13.8. The largest absolute Gasteiger partial charge is 0.497 e. The van der Waals surface area contributed by atoms with Crippen molar-refractivity contribution in [1.82, 2.24) is 14.5 Å². The number of hydrogen-bond acceptors (Lipinski definition) is 3. The Hall–Kier alpha value is -3.28. The van der Waals surface area contributed by atoms with Crippen LogP contribution in [0.4, 0.5) is 13.2 Å². The first-order chi connectivity index (χ1) is 18.6. The minimum atomic E-state index is -4.40. The molecule has 2 aromatic rings. The topological polar surface area (TPSA) is 29.8 Å². The quantitative estimate of drug-likeness (QED) is 0.441. The van der Waals surface area contributed by atoms with Crippen molar-refractivity contribution in [1.29, 1.82) is 0 Å². The van der Waals surface area contributed by atoms with Gasteiger partial charge < -0.3 is 14.5 Å². The fourth-order valence-electron chi connectivity index (χ4n) is 5.73. The van der Waals surface area contributed by atoms with Crippen LogP contribution in [0.1, 0.15) is 54.9 Å². The third-order valence-corrected chi connectivity index (χ3v) is 8.23. The first kappa shape index (κ1) is 27.3. The molecule has 4 nitrogen and oxygen atoms in total. The van der Waals surface area contributed by atoms with Crippen LogP contribution in [0.3, 0.4) is 0 Å². The fourth-order valence-corrected chi connectivity index (χ4v) is 5.73. The normalized spacial score (nSPS) is 22.0. The van der Waals surface area contributed by atoms with Crippen LogP contribution in [0.2, 0.25) is 0 Å². The van der Waals surface area contributed by atoms with E-state index in [1.807, 2.05) is 12.1 Å². The van der Waals surface area contributed by atoms with Crippen molar-refractivity contribution in [2.24, 2.45) is 5.92 Å². The van der Waals surface area contributed by atoms with Crippen molar-refractivity contribution in [3.05, 3.63) is 82.6 Å². The molecule has 1 fully saturated rings. The summed E-state index contributed by atoms with van der Waals surface area (Å²) in [4.78, 5) is 4.68. The number of rotatable bonds is 5. The number of ether oxygens (including phenoxy) is 1. The Morgan fingerprint density at radius 3 is 2.36 bits per heavy atom. The number of halogens is 3. The van der Waals surface area contributed by atoms with Crippen molar-refractivity contribution in [2.45, 2.75) is 45.2 Å². The van der Waals surface area contributed by atoms with Gasteiger partial charge in [-0.1, -0.05) is 41.9 Å². The maximum atomic E-state index is 13.8. The van der Waals surface area contributed by atoms with Gasteiger partial charge in [-0.2, -0.15) is 13.2 Å². The Morgan fingerprint density at radius 2 is 1.69 bits per heavy atom. The molecule has 1 saturated heterocycles. The van der Waals surface area contributed by atoms with Crippen molar-refractivity contribution < 1.29 is 17.9 Å². The van der Waals surface area contributed by atoms with Crippen LogP contribution < -0.4 is 9.40 Å². The summed E-state index contributed by atoms with van der Waals surface area (Å²) < 4.78 is 52.0. The van der Waals surface area contributed by atoms with Gasteiger partial charge >= 0.3 is 11.9 Å². The Morgan fingerprint density at radius 1 is 0.974 bits per heavy atom. The van der Waals surface area contributed by atoms with E-state index >= 15 is 0 Å². The van der Waals surface area contributed by atoms with E-state index < -0.39 is 11.7 Å². The zero-order valence-electron chi connectivity index (χ0n) is 23.2. The predicted octanol–water partition coefficient (Wildman–Crippen LogP) is 5.97. The van der Waals surface area contributed by atoms with E-state index in [2.05, 4.69) is 55.0 Å². The number of likely N-dealkylation sites (N-methyl/N-ethyl adjacent to an activating group) is 1. The molecule has 7 heteroatoms. The molecule has 3 aliphatic rings. The van der Waals surface area contributed by atoms with Gasteiger partial charge in [0, 0.05) is 26.2 Å². The molecule has 0 spiro atoms. The van der Waals surface area contributed by atoms with E-state index in [9.17, 15) is 13.2 Å². The molecule has 5 rings (SSSR count). The standard InChI is InChI=1S/C32H37F3N3O/c1-21-5-14-30(38-17-15-37(3)16-18-38)31-28(27-20-24(32(33,34)35)9-12-26(21)27)19-22(2)29(36-31)13-8-23-6-10-25(39-4)11-7-23/h6-7,9-12,14,19-22H,5,8,13,15-18H2,1-4H3/q+1. The average Bonchev–Trinajstić information content (AvgIpc) is 2.92. The zero-order chi connectivity index (χ0) is 27.7. The summed E-state index contributed by atoms with van der Waals surface area (Å²) in [6.07, 6.45) is 2.38. The van der Waals surface area contributed by atoms with Gasteiger partial charge in [0.2, 0.25) is 0 Å². The Balaban J connectivity index is 1.60. The van der Waals surface area contributed by atoms with Crippen LogP contribution in [-0.2, 0) is 12.6 Å². The van der Waals surface area contributed by atoms with Crippen LogP contribution in [-0.4, -0.2) is 61.6 Å². The molecule has 206 valence electrons. The molecule has 0 bridgehead atoms. The summed E-state index contributed by atoms with van der Waals surface area (Å²) >= 11 is 0. The molecule has 0 N–H and O–H groups in total. The second-order valence-corrected chi connectivity index (χ2v) is 11.0. The van der Waals surface area contributed by atoms with Crippen molar-refractivity contribution in [3.8, 4) is 5.75 Å². The average molecular weight is 537 g/mol. The highest BCUT2D eigenvalue weighted by Gasteiger charge is 2.39. The highest BCUT2D eigenvalue weighted by molar-refractivity contribution is 6.33. The van der Waals surface area contributed by atoms with E-state index in [1.165, 1.54) is 17.7 Å². The highest BCUT2D eigenvalue weighted by atomic mass is 19.4. The smallest absolute Gasteiger partial charge is 0.416 e. The van der Waals surface area contributed by atoms with E-state index in [0.29, 0.717) is 5.56 Å². The first-order valence-corrected chi connectivity index (χ1v) is 13.8. The maximum Gasteiger partial charge on any atom is 0.416 e. The lowest BCUT2D eigenvalue weighted by molar-refractivity contribution is -0.137. The number of methoxy groups -OCH3 is 1. The predicted molar refractivity (Wildman–Crippen MR) is 152 cm³/mol. The number of fused-ring (bicyclic) bond motifs is 3. The van der Waals surface area contributed by atoms with Crippen LogP contribution in [0.15, 0.2) is 60.3 Å². The summed E-state index contributed by atoms with van der Waals surface area (Å²) in [5.41, 5.74) is 5.96. The molecular weight excluding hydrogens is 499 g/mol. The lowest BCUT2D eigenvalue weighted by Gasteiger charge is -2.35. The molecule has 1 aliphatic carbocycles. The van der Waals surface area contributed by atoms with Gasteiger partial charge in [-0.25, -0.2) is 0 Å². The molecular formula is C32H37F3N3O+. The lowest BCUT2D eigenvalue weighted by Crippen LogP contribution is -2.46. The molecule has 0 aromatic heterocycles. The second-order valence-electron chi connectivity index (χ2n) is 11.0. The number of allylic oxidation sites excluding steroid dienone is 3. The number of benzene rings is 2. The molecule has 2 heterocycles. The Labute approximate surface area is 229 Å². The highest BCUT2D eigenvalue weighted by Crippen LogP contribution is 2.39. The van der Waals surface area contributed by atoms with Crippen LogP contribution in [0.5, 0.6) is 5.75 Å². The molecule has 39 heavy (non-hydrogen) atoms. The summed E-state index contributed by atoms with van der Waals surface area (Å²) in [7, 11) is 3.78. The van der Waals surface area contributed by atoms with Gasteiger partial charge in [0.1, 0.15) is 11.4 Å². The number of hydrogen-bond donors (Lipinski definition) is 0. The Bertz CT molecular complexity index is 1340. The first-order valence-electron chi connectivity index (χ1n) is 13.8. The molecule has 2 aliphatic heterocycles. The molecule has 2 atom stereocenters. The molecule has 0 saturated carbocycles. The fraction of sp³-hybridized carbons (Fsp3) is 0.438. The summed E-state index contributed by atoms with van der Waals surface area (Å²) in [6.45, 7) is 7.83. The molecule has 2 unspecified atom stereocenters. The van der Waals surface area contributed by atoms with E-state index in [4.69, 9.17) is 9.40 Å². The van der Waals surface area contributed by atoms with Gasteiger partial charge in [0.05, 0.1) is 30.6 Å². The summed E-state index contributed by atoms with van der Waals surface area (Å²) in [5, 5.41) is 0. The molecule has 0 amide bonds. The van der Waals surface area contributed by atoms with Gasteiger partial charge in [0.15, 0.2) is 0 Å². The number of piperazine rings is 1. The molecule has 0 radical (unpaired) electrons. The van der Waals surface area contributed by atoms with Crippen molar-refractivity contribution in [3.63, 3.8) is 0 Å². The third kappa shape index (κ3) is 5.85. The van der Waals surface area contributed by atoms with Crippen LogP contribution in [0, 0.1) is 5.92 Å². The van der Waals surface area contributed by atoms with Gasteiger partial charge in [-0.05, 0) is 73.7 Å². The minimum Gasteiger partial charge on any atom is -0.497 e. The van der Waals surface area contributed by atoms with Crippen LogP contribution >= 0.6 is 0 Å². The van der Waals surface area contributed by atoms with E-state index in [-0.39, 0.29) is 11.8 Å². The molecule has 2 aromatic carbocycles. The van der Waals surface area contributed by atoms with Crippen LogP contribution in [0.25, 0.3) is 5.57 Å². The van der Waals surface area contributed by atoms with Gasteiger partial charge in [-0.3, -0.25) is 0 Å². The summed E-state index contributed by atoms with van der Waals surface area (Å²) in [6, 6.07) is 12.3. The SMILES string of the molecule is COc1ccc(CCC2=[N+]=C3C(=CC2C)c2cc(C(F)(F)F)ccc2C(C)CC=C3N2CCN(C)CC2)cc1. The second kappa shape index (κ2) is 11.1. The number of alkyl halides is 3.